The van der Waals surface area contributed by atoms with E-state index in [9.17, 15) is 0 Å². The zero-order valence-corrected chi connectivity index (χ0v) is 13.2. The van der Waals surface area contributed by atoms with E-state index in [-0.39, 0.29) is 6.17 Å². The van der Waals surface area contributed by atoms with Gasteiger partial charge in [-0.05, 0) is 39.5 Å². The van der Waals surface area contributed by atoms with Crippen LogP contribution >= 0.6 is 0 Å². The second kappa shape index (κ2) is 6.42. The Morgan fingerprint density at radius 1 is 1.08 bits per heavy atom. The van der Waals surface area contributed by atoms with Gasteiger partial charge in [0.25, 0.3) is 0 Å². The van der Waals surface area contributed by atoms with Crippen LogP contribution in [-0.2, 0) is 4.74 Å². The van der Waals surface area contributed by atoms with Gasteiger partial charge in [0.2, 0.25) is 11.6 Å². The van der Waals surface area contributed by atoms with Crippen molar-refractivity contribution in [2.75, 3.05) is 26.3 Å². The van der Waals surface area contributed by atoms with Gasteiger partial charge in [-0.2, -0.15) is 4.68 Å². The molecular formula is C14H17N9O. The molecule has 1 aliphatic heterocycles. The number of nitrogens with zero attached hydrogens (tertiary/aromatic N) is 9. The van der Waals surface area contributed by atoms with E-state index in [0.29, 0.717) is 24.9 Å². The predicted octanol–water partition coefficient (Wildman–Crippen LogP) is 0.167. The lowest BCUT2D eigenvalue weighted by Gasteiger charge is -2.34. The smallest absolute Gasteiger partial charge is 0.226 e. The second-order valence-corrected chi connectivity index (χ2v) is 5.38. The molecule has 4 rings (SSSR count). The Morgan fingerprint density at radius 3 is 2.71 bits per heavy atom. The summed E-state index contributed by atoms with van der Waals surface area (Å²) >= 11 is 0. The largest absolute Gasteiger partial charge is 0.376 e. The van der Waals surface area contributed by atoms with Gasteiger partial charge >= 0.3 is 0 Å². The first-order valence-corrected chi connectivity index (χ1v) is 7.82. The van der Waals surface area contributed by atoms with Gasteiger partial charge < -0.3 is 4.74 Å². The van der Waals surface area contributed by atoms with Crippen LogP contribution < -0.4 is 0 Å². The summed E-state index contributed by atoms with van der Waals surface area (Å²) in [6, 6.07) is 9.65. The molecule has 0 radical (unpaired) electrons. The maximum absolute atomic E-state index is 5.61. The highest BCUT2D eigenvalue weighted by atomic mass is 16.5. The molecule has 1 unspecified atom stereocenters. The fourth-order valence-corrected chi connectivity index (χ4v) is 2.83. The number of benzene rings is 1. The molecule has 1 saturated heterocycles. The fourth-order valence-electron chi connectivity index (χ4n) is 2.83. The third kappa shape index (κ3) is 2.55. The van der Waals surface area contributed by atoms with Gasteiger partial charge in [0.1, 0.15) is 6.17 Å². The first kappa shape index (κ1) is 14.8. The Hall–Kier alpha value is -2.72. The summed E-state index contributed by atoms with van der Waals surface area (Å²) in [5.41, 5.74) is 0.847. The van der Waals surface area contributed by atoms with Gasteiger partial charge in [0, 0.05) is 6.54 Å². The number of aromatic nitrogens is 8. The van der Waals surface area contributed by atoms with Crippen LogP contribution in [0.4, 0.5) is 0 Å². The zero-order valence-electron chi connectivity index (χ0n) is 13.2. The molecule has 1 fully saturated rings. The Labute approximate surface area is 138 Å². The van der Waals surface area contributed by atoms with E-state index in [1.165, 1.54) is 0 Å². The van der Waals surface area contributed by atoms with Crippen LogP contribution in [0.1, 0.15) is 13.1 Å². The molecule has 0 aliphatic carbocycles. The normalized spacial score (nSPS) is 18.8. The van der Waals surface area contributed by atoms with Crippen molar-refractivity contribution >= 4 is 0 Å². The molecule has 3 aromatic rings. The molecule has 0 bridgehead atoms. The van der Waals surface area contributed by atoms with Crippen molar-refractivity contribution < 1.29 is 4.74 Å². The monoisotopic (exact) mass is 327 g/mol. The highest BCUT2D eigenvalue weighted by molar-refractivity contribution is 5.47. The molecule has 10 nitrogen and oxygen atoms in total. The minimum absolute atomic E-state index is 0.0744. The maximum Gasteiger partial charge on any atom is 0.226 e. The van der Waals surface area contributed by atoms with Crippen LogP contribution in [0, 0.1) is 0 Å². The Bertz CT molecular complexity index is 799. The van der Waals surface area contributed by atoms with Crippen molar-refractivity contribution in [3.63, 3.8) is 0 Å². The number of rotatable bonds is 4. The molecule has 3 heterocycles. The predicted molar refractivity (Wildman–Crippen MR) is 83.1 cm³/mol. The summed E-state index contributed by atoms with van der Waals surface area (Å²) in [5.74, 6) is 1.01. The van der Waals surface area contributed by atoms with Crippen LogP contribution in [0.3, 0.4) is 0 Å². The first-order chi connectivity index (χ1) is 11.9. The van der Waals surface area contributed by atoms with Crippen molar-refractivity contribution in [2.24, 2.45) is 0 Å². The topological polar surface area (TPSA) is 99.7 Å². The molecular weight excluding hydrogens is 310 g/mol. The highest BCUT2D eigenvalue weighted by Gasteiger charge is 2.29. The summed E-state index contributed by atoms with van der Waals surface area (Å²) < 4.78 is 8.97. The lowest BCUT2D eigenvalue weighted by molar-refractivity contribution is -0.0402. The number of hydrogen-bond acceptors (Lipinski definition) is 8. The second-order valence-electron chi connectivity index (χ2n) is 5.38. The van der Waals surface area contributed by atoms with Crippen molar-refractivity contribution in [1.29, 1.82) is 0 Å². The molecule has 24 heavy (non-hydrogen) atoms. The fraction of sp³-hybridized carbons (Fsp3) is 0.429. The van der Waals surface area contributed by atoms with Crippen molar-refractivity contribution in [1.82, 2.24) is 45.3 Å². The van der Waals surface area contributed by atoms with Crippen LogP contribution in [-0.4, -0.2) is 71.6 Å². The van der Waals surface area contributed by atoms with Gasteiger partial charge in [-0.1, -0.05) is 25.1 Å². The van der Waals surface area contributed by atoms with Crippen LogP contribution in [0.25, 0.3) is 17.3 Å². The summed E-state index contributed by atoms with van der Waals surface area (Å²) in [7, 11) is 0. The maximum atomic E-state index is 5.61. The van der Waals surface area contributed by atoms with Gasteiger partial charge in [-0.25, -0.2) is 4.68 Å². The molecule has 10 heteroatoms. The molecule has 0 spiro atoms. The number of likely N-dealkylation sites (N-methyl/N-ethyl adjacent to an activating group) is 1. The lowest BCUT2D eigenvalue weighted by Crippen LogP contribution is -2.43. The summed E-state index contributed by atoms with van der Waals surface area (Å²) in [4.78, 5) is 2.26. The number of hydrogen-bond donors (Lipinski definition) is 0. The van der Waals surface area contributed by atoms with Crippen LogP contribution in [0.15, 0.2) is 30.3 Å². The molecule has 0 amide bonds. The van der Waals surface area contributed by atoms with Crippen LogP contribution in [0.5, 0.6) is 0 Å². The van der Waals surface area contributed by atoms with E-state index in [1.807, 2.05) is 30.3 Å². The Morgan fingerprint density at radius 2 is 1.88 bits per heavy atom. The molecule has 0 saturated carbocycles. The average molecular weight is 327 g/mol. The third-order valence-electron chi connectivity index (χ3n) is 4.06. The van der Waals surface area contributed by atoms with Gasteiger partial charge in [-0.3, -0.25) is 4.90 Å². The molecule has 2 aromatic heterocycles. The highest BCUT2D eigenvalue weighted by Crippen LogP contribution is 2.23. The summed E-state index contributed by atoms with van der Waals surface area (Å²) in [5, 5.41) is 24.1. The van der Waals surface area contributed by atoms with Gasteiger partial charge in [0.15, 0.2) is 0 Å². The molecule has 1 aliphatic rings. The first-order valence-electron chi connectivity index (χ1n) is 7.82. The standard InChI is InChI=1S/C14H17N9O/c1-2-21-8-9-24-10-12(21)23-14(16-18-20-23)13-15-17-19-22(13)11-6-4-3-5-7-11/h3-7,12H,2,8-10H2,1H3. The van der Waals surface area contributed by atoms with Gasteiger partial charge in [-0.15, -0.1) is 10.2 Å². The minimum atomic E-state index is -0.0744. The average Bonchev–Trinajstić information content (AvgIpc) is 3.31. The number of tetrazole rings is 2. The summed E-state index contributed by atoms with van der Waals surface area (Å²) in [6.45, 7) is 5.07. The number of morpholine rings is 1. The van der Waals surface area contributed by atoms with E-state index in [1.54, 1.807) is 9.36 Å². The quantitative estimate of drug-likeness (QED) is 0.668. The Kier molecular flexibility index (Phi) is 3.97. The molecule has 1 atom stereocenters. The van der Waals surface area contributed by atoms with E-state index in [0.717, 1.165) is 18.8 Å². The number of para-hydroxylation sites is 1. The molecule has 1 aromatic carbocycles. The van der Waals surface area contributed by atoms with E-state index < -0.39 is 0 Å². The molecule has 0 N–H and O–H groups in total. The molecule has 124 valence electrons. The van der Waals surface area contributed by atoms with E-state index in [2.05, 4.69) is 42.9 Å². The van der Waals surface area contributed by atoms with Crippen molar-refractivity contribution in [3.8, 4) is 17.3 Å². The minimum Gasteiger partial charge on any atom is -0.376 e. The Balaban J connectivity index is 1.75. The third-order valence-corrected chi connectivity index (χ3v) is 4.06. The lowest BCUT2D eigenvalue weighted by atomic mass is 10.3. The van der Waals surface area contributed by atoms with E-state index >= 15 is 0 Å². The SMILES string of the molecule is CCN1CCOCC1n1nnnc1-c1nnnn1-c1ccccc1. The van der Waals surface area contributed by atoms with Crippen LogP contribution in [0.2, 0.25) is 0 Å². The van der Waals surface area contributed by atoms with Gasteiger partial charge in [0.05, 0.1) is 18.9 Å². The van der Waals surface area contributed by atoms with E-state index in [4.69, 9.17) is 4.74 Å². The summed E-state index contributed by atoms with van der Waals surface area (Å²) in [6.07, 6.45) is -0.0744. The zero-order chi connectivity index (χ0) is 16.4. The number of ether oxygens (including phenoxy) is 1. The van der Waals surface area contributed by atoms with Crippen molar-refractivity contribution in [2.45, 2.75) is 13.1 Å². The van der Waals surface area contributed by atoms with Crippen molar-refractivity contribution in [3.05, 3.63) is 30.3 Å².